The Morgan fingerprint density at radius 2 is 1.74 bits per heavy atom. The zero-order valence-corrected chi connectivity index (χ0v) is 10.7. The lowest BCUT2D eigenvalue weighted by molar-refractivity contribution is 0.441. The lowest BCUT2D eigenvalue weighted by Crippen LogP contribution is -2.02. The summed E-state index contributed by atoms with van der Waals surface area (Å²) in [7, 11) is 0. The van der Waals surface area contributed by atoms with Gasteiger partial charge in [-0.25, -0.2) is 4.39 Å². The van der Waals surface area contributed by atoms with E-state index in [1.807, 2.05) is 12.1 Å². The average molecular weight is 257 g/mol. The maximum absolute atomic E-state index is 13.7. The van der Waals surface area contributed by atoms with Gasteiger partial charge < -0.3 is 10.5 Å². The smallest absolute Gasteiger partial charge is 0.167 e. The molecule has 0 aliphatic heterocycles. The van der Waals surface area contributed by atoms with Gasteiger partial charge in [0.1, 0.15) is 5.75 Å². The summed E-state index contributed by atoms with van der Waals surface area (Å²) in [6.07, 6.45) is 4.68. The average Bonchev–Trinajstić information content (AvgIpc) is 2.42. The highest BCUT2D eigenvalue weighted by Crippen LogP contribution is 2.30. The number of hydrogen-bond acceptors (Lipinski definition) is 2. The van der Waals surface area contributed by atoms with Crippen LogP contribution >= 0.6 is 0 Å². The second-order valence-corrected chi connectivity index (χ2v) is 4.93. The van der Waals surface area contributed by atoms with Crippen molar-refractivity contribution in [1.82, 2.24) is 0 Å². The molecule has 2 N–H and O–H groups in total. The third kappa shape index (κ3) is 2.55. The molecule has 3 heteroatoms. The van der Waals surface area contributed by atoms with Crippen LogP contribution in [0.4, 0.5) is 10.1 Å². The van der Waals surface area contributed by atoms with Crippen molar-refractivity contribution in [2.75, 3.05) is 5.73 Å². The van der Waals surface area contributed by atoms with Crippen molar-refractivity contribution < 1.29 is 9.13 Å². The molecule has 0 unspecified atom stereocenters. The van der Waals surface area contributed by atoms with E-state index in [4.69, 9.17) is 10.5 Å². The number of halogens is 1. The van der Waals surface area contributed by atoms with Crippen molar-refractivity contribution >= 4 is 5.69 Å². The molecule has 98 valence electrons. The van der Waals surface area contributed by atoms with E-state index in [2.05, 4.69) is 6.07 Å². The van der Waals surface area contributed by atoms with Gasteiger partial charge in [0.25, 0.3) is 0 Å². The van der Waals surface area contributed by atoms with Crippen LogP contribution in [0.3, 0.4) is 0 Å². The number of rotatable bonds is 2. The van der Waals surface area contributed by atoms with Gasteiger partial charge in [-0.2, -0.15) is 0 Å². The monoisotopic (exact) mass is 257 g/mol. The first-order valence-electron chi connectivity index (χ1n) is 6.57. The normalized spacial score (nSPS) is 13.9. The molecule has 0 saturated carbocycles. The van der Waals surface area contributed by atoms with Crippen LogP contribution in [0.5, 0.6) is 11.5 Å². The molecule has 0 amide bonds. The molecule has 19 heavy (non-hydrogen) atoms. The van der Waals surface area contributed by atoms with Gasteiger partial charge in [-0.1, -0.05) is 6.07 Å². The van der Waals surface area contributed by atoms with Gasteiger partial charge in [-0.05, 0) is 61.1 Å². The van der Waals surface area contributed by atoms with Crippen molar-refractivity contribution in [3.05, 3.63) is 53.3 Å². The minimum Gasteiger partial charge on any atom is -0.454 e. The highest BCUT2D eigenvalue weighted by Gasteiger charge is 2.11. The number of nitrogens with two attached hydrogens (primary N) is 1. The zero-order valence-electron chi connectivity index (χ0n) is 10.7. The van der Waals surface area contributed by atoms with Crippen LogP contribution in [0.1, 0.15) is 24.0 Å². The number of ether oxygens (including phenoxy) is 1. The summed E-state index contributed by atoms with van der Waals surface area (Å²) in [6, 6.07) is 10.5. The van der Waals surface area contributed by atoms with Gasteiger partial charge in [0, 0.05) is 11.8 Å². The highest BCUT2D eigenvalue weighted by atomic mass is 19.1. The van der Waals surface area contributed by atoms with E-state index >= 15 is 0 Å². The lowest BCUT2D eigenvalue weighted by Gasteiger charge is -2.16. The third-order valence-electron chi connectivity index (χ3n) is 3.50. The maximum Gasteiger partial charge on any atom is 0.167 e. The first-order chi connectivity index (χ1) is 9.22. The summed E-state index contributed by atoms with van der Waals surface area (Å²) in [4.78, 5) is 0. The molecule has 3 rings (SSSR count). The minimum atomic E-state index is -0.433. The quantitative estimate of drug-likeness (QED) is 0.823. The van der Waals surface area contributed by atoms with E-state index in [0.29, 0.717) is 11.4 Å². The van der Waals surface area contributed by atoms with Crippen LogP contribution < -0.4 is 10.5 Å². The fourth-order valence-corrected chi connectivity index (χ4v) is 2.50. The molecule has 0 fully saturated rings. The summed E-state index contributed by atoms with van der Waals surface area (Å²) >= 11 is 0. The van der Waals surface area contributed by atoms with Crippen molar-refractivity contribution in [3.8, 4) is 11.5 Å². The topological polar surface area (TPSA) is 35.2 Å². The second-order valence-electron chi connectivity index (χ2n) is 4.93. The number of aryl methyl sites for hydroxylation is 2. The Hall–Kier alpha value is -2.03. The van der Waals surface area contributed by atoms with Crippen LogP contribution in [0.15, 0.2) is 36.4 Å². The molecule has 0 bridgehead atoms. The predicted molar refractivity (Wildman–Crippen MR) is 74.0 cm³/mol. The molecule has 2 nitrogen and oxygen atoms in total. The van der Waals surface area contributed by atoms with Crippen LogP contribution in [0.25, 0.3) is 0 Å². The number of fused-ring (bicyclic) bond motifs is 1. The summed E-state index contributed by atoms with van der Waals surface area (Å²) < 4.78 is 19.3. The molecule has 2 aromatic rings. The van der Waals surface area contributed by atoms with Gasteiger partial charge in [-0.15, -0.1) is 0 Å². The first-order valence-corrected chi connectivity index (χ1v) is 6.57. The summed E-state index contributed by atoms with van der Waals surface area (Å²) in [5, 5.41) is 0. The fourth-order valence-electron chi connectivity index (χ4n) is 2.50. The van der Waals surface area contributed by atoms with Gasteiger partial charge in [0.05, 0.1) is 0 Å². The Kier molecular flexibility index (Phi) is 3.11. The van der Waals surface area contributed by atoms with E-state index in [1.165, 1.54) is 30.0 Å². The van der Waals surface area contributed by atoms with E-state index in [0.717, 1.165) is 12.8 Å². The van der Waals surface area contributed by atoms with E-state index in [-0.39, 0.29) is 5.75 Å². The highest BCUT2D eigenvalue weighted by molar-refractivity contribution is 5.45. The Morgan fingerprint density at radius 1 is 0.947 bits per heavy atom. The summed E-state index contributed by atoms with van der Waals surface area (Å²) in [6.45, 7) is 0. The molecule has 0 radical (unpaired) electrons. The molecule has 0 atom stereocenters. The van der Waals surface area contributed by atoms with Gasteiger partial charge in [-0.3, -0.25) is 0 Å². The Labute approximate surface area is 112 Å². The minimum absolute atomic E-state index is 0.213. The number of hydrogen-bond donors (Lipinski definition) is 1. The summed E-state index contributed by atoms with van der Waals surface area (Å²) in [5.41, 5.74) is 8.62. The SMILES string of the molecule is Nc1ccc(Oc2ccc3c(c2)CCCC3)c(F)c1. The van der Waals surface area contributed by atoms with Crippen molar-refractivity contribution in [3.63, 3.8) is 0 Å². The molecule has 0 aromatic heterocycles. The van der Waals surface area contributed by atoms with Crippen LogP contribution in [0.2, 0.25) is 0 Å². The van der Waals surface area contributed by atoms with Crippen LogP contribution in [-0.4, -0.2) is 0 Å². The lowest BCUT2D eigenvalue weighted by atomic mass is 9.92. The van der Waals surface area contributed by atoms with Gasteiger partial charge >= 0.3 is 0 Å². The predicted octanol–water partition coefficient (Wildman–Crippen LogP) is 4.08. The largest absolute Gasteiger partial charge is 0.454 e. The van der Waals surface area contributed by atoms with Crippen LogP contribution in [0, 0.1) is 5.82 Å². The van der Waals surface area contributed by atoms with E-state index in [9.17, 15) is 4.39 Å². The maximum atomic E-state index is 13.7. The Morgan fingerprint density at radius 3 is 2.53 bits per heavy atom. The van der Waals surface area contributed by atoms with Crippen molar-refractivity contribution in [2.24, 2.45) is 0 Å². The van der Waals surface area contributed by atoms with E-state index in [1.54, 1.807) is 12.1 Å². The summed E-state index contributed by atoms with van der Waals surface area (Å²) in [5.74, 6) is 0.465. The second kappa shape index (κ2) is 4.92. The Bertz CT molecular complexity index is 610. The zero-order chi connectivity index (χ0) is 13.2. The molecular formula is C16H16FNO. The number of nitrogen functional groups attached to an aromatic ring is 1. The molecule has 2 aromatic carbocycles. The number of benzene rings is 2. The van der Waals surface area contributed by atoms with E-state index < -0.39 is 5.82 Å². The van der Waals surface area contributed by atoms with Gasteiger partial charge in [0.2, 0.25) is 0 Å². The van der Waals surface area contributed by atoms with Gasteiger partial charge in [0.15, 0.2) is 11.6 Å². The molecule has 0 heterocycles. The van der Waals surface area contributed by atoms with Crippen molar-refractivity contribution in [2.45, 2.75) is 25.7 Å². The third-order valence-corrected chi connectivity index (χ3v) is 3.50. The molecular weight excluding hydrogens is 241 g/mol. The van der Waals surface area contributed by atoms with Crippen LogP contribution in [-0.2, 0) is 12.8 Å². The molecule has 1 aliphatic rings. The standard InChI is InChI=1S/C16H16FNO/c17-15-10-13(18)6-8-16(15)19-14-7-5-11-3-1-2-4-12(11)9-14/h5-10H,1-4,18H2. The number of anilines is 1. The van der Waals surface area contributed by atoms with Crippen molar-refractivity contribution in [1.29, 1.82) is 0 Å². The molecule has 0 spiro atoms. The fraction of sp³-hybridized carbons (Fsp3) is 0.250. The Balaban J connectivity index is 1.87. The first kappa shape index (κ1) is 12.0. The molecule has 0 saturated heterocycles. The molecule has 1 aliphatic carbocycles.